The average Bonchev–Trinajstić information content (AvgIpc) is 3.21. The smallest absolute Gasteiger partial charge is 0.418 e. The summed E-state index contributed by atoms with van der Waals surface area (Å²) in [5, 5.41) is 2.93. The van der Waals surface area contributed by atoms with Crippen LogP contribution in [0.4, 0.5) is 27.9 Å². The zero-order valence-corrected chi connectivity index (χ0v) is 20.4. The standard InChI is InChI=1S/C22H21ClF5N5O4/c1-9(2)37-20(35)16-13(7-33-21(29)30-8-31-33)32-12(6-24)15(19(34)36-3)17(16)14-11(25)5-4-10(23)18(14)22(26,27)28/h4-5,8-9,15,17H,6-7H2,1-3H3,(H2,29,30,31). The van der Waals surface area contributed by atoms with Gasteiger partial charge < -0.3 is 15.2 Å². The zero-order valence-electron chi connectivity index (χ0n) is 19.6. The van der Waals surface area contributed by atoms with Crippen LogP contribution in [0.1, 0.15) is 30.9 Å². The highest BCUT2D eigenvalue weighted by atomic mass is 35.5. The number of halogens is 6. The molecule has 15 heteroatoms. The van der Waals surface area contributed by atoms with Gasteiger partial charge in [-0.05, 0) is 26.0 Å². The van der Waals surface area contributed by atoms with E-state index < -0.39 is 82.5 Å². The number of ether oxygens (including phenoxy) is 2. The molecule has 0 radical (unpaired) electrons. The molecule has 200 valence electrons. The minimum absolute atomic E-state index is 0.169. The van der Waals surface area contributed by atoms with Gasteiger partial charge in [0.05, 0.1) is 47.3 Å². The Labute approximate surface area is 212 Å². The van der Waals surface area contributed by atoms with Crippen LogP contribution >= 0.6 is 11.6 Å². The topological polar surface area (TPSA) is 122 Å². The molecule has 1 aromatic carbocycles. The lowest BCUT2D eigenvalue weighted by Gasteiger charge is -2.34. The Morgan fingerprint density at radius 3 is 2.46 bits per heavy atom. The molecule has 0 spiro atoms. The van der Waals surface area contributed by atoms with Crippen molar-refractivity contribution in [3.05, 3.63) is 51.7 Å². The number of allylic oxidation sites excluding steroid dienone is 1. The molecule has 0 amide bonds. The van der Waals surface area contributed by atoms with E-state index in [-0.39, 0.29) is 11.6 Å². The van der Waals surface area contributed by atoms with Crippen molar-refractivity contribution in [1.29, 1.82) is 0 Å². The van der Waals surface area contributed by atoms with E-state index in [0.29, 0.717) is 12.1 Å². The van der Waals surface area contributed by atoms with Crippen LogP contribution in [0.15, 0.2) is 34.7 Å². The number of nitrogen functional groups attached to an aromatic ring is 1. The lowest BCUT2D eigenvalue weighted by Crippen LogP contribution is -2.40. The normalized spacial score (nSPS) is 18.2. The van der Waals surface area contributed by atoms with Gasteiger partial charge in [0.25, 0.3) is 0 Å². The summed E-state index contributed by atoms with van der Waals surface area (Å²) in [6, 6.07) is 1.32. The highest BCUT2D eigenvalue weighted by Crippen LogP contribution is 2.48. The molecule has 0 saturated carbocycles. The van der Waals surface area contributed by atoms with Crippen molar-refractivity contribution in [2.24, 2.45) is 10.9 Å². The summed E-state index contributed by atoms with van der Waals surface area (Å²) in [6.07, 6.45) is -4.96. The van der Waals surface area contributed by atoms with Crippen molar-refractivity contribution in [3.8, 4) is 0 Å². The average molecular weight is 550 g/mol. The minimum atomic E-state index is -5.23. The number of benzene rings is 1. The lowest BCUT2D eigenvalue weighted by atomic mass is 9.73. The molecule has 2 unspecified atom stereocenters. The number of rotatable bonds is 7. The SMILES string of the molecule is COC(=O)C1C(CF)=NC(Cn2ncnc2N)=C(C(=O)OC(C)C)C1c1c(F)ccc(Cl)c1C(F)(F)F. The number of carbonyl (C=O) groups is 2. The highest BCUT2D eigenvalue weighted by Gasteiger charge is 2.50. The van der Waals surface area contributed by atoms with E-state index >= 15 is 4.39 Å². The van der Waals surface area contributed by atoms with Crippen LogP contribution in [0.3, 0.4) is 0 Å². The first-order valence-electron chi connectivity index (χ1n) is 10.6. The monoisotopic (exact) mass is 549 g/mol. The molecule has 2 aromatic rings. The van der Waals surface area contributed by atoms with E-state index in [1.54, 1.807) is 0 Å². The fraction of sp³-hybridized carbons (Fsp3) is 0.409. The molecule has 1 aromatic heterocycles. The predicted molar refractivity (Wildman–Crippen MR) is 121 cm³/mol. The van der Waals surface area contributed by atoms with Gasteiger partial charge in [0.1, 0.15) is 24.7 Å². The lowest BCUT2D eigenvalue weighted by molar-refractivity contribution is -0.146. The second-order valence-electron chi connectivity index (χ2n) is 8.12. The van der Waals surface area contributed by atoms with Crippen molar-refractivity contribution < 1.29 is 41.0 Å². The maximum Gasteiger partial charge on any atom is 0.418 e. The third-order valence-corrected chi connectivity index (χ3v) is 5.74. The maximum atomic E-state index is 15.3. The number of anilines is 1. The minimum Gasteiger partial charge on any atom is -0.468 e. The highest BCUT2D eigenvalue weighted by molar-refractivity contribution is 6.31. The number of aromatic nitrogens is 3. The van der Waals surface area contributed by atoms with Gasteiger partial charge >= 0.3 is 18.1 Å². The van der Waals surface area contributed by atoms with Gasteiger partial charge in [0.2, 0.25) is 5.95 Å². The Hall–Kier alpha value is -3.55. The van der Waals surface area contributed by atoms with E-state index in [1.165, 1.54) is 13.8 Å². The van der Waals surface area contributed by atoms with E-state index in [0.717, 1.165) is 18.1 Å². The molecule has 3 rings (SSSR count). The zero-order chi connectivity index (χ0) is 27.7. The van der Waals surface area contributed by atoms with Gasteiger partial charge in [0, 0.05) is 11.5 Å². The fourth-order valence-electron chi connectivity index (χ4n) is 4.00. The molecule has 9 nitrogen and oxygen atoms in total. The third kappa shape index (κ3) is 5.58. The molecule has 0 bridgehead atoms. The first-order chi connectivity index (χ1) is 17.3. The summed E-state index contributed by atoms with van der Waals surface area (Å²) in [4.78, 5) is 33.9. The Bertz CT molecular complexity index is 1270. The van der Waals surface area contributed by atoms with Crippen LogP contribution < -0.4 is 5.73 Å². The van der Waals surface area contributed by atoms with Crippen LogP contribution in [0.2, 0.25) is 5.02 Å². The molecule has 1 aliphatic rings. The summed E-state index contributed by atoms with van der Waals surface area (Å²) >= 11 is 5.84. The molecular formula is C22H21ClF5N5O4. The molecule has 2 atom stereocenters. The molecule has 37 heavy (non-hydrogen) atoms. The summed E-state index contributed by atoms with van der Waals surface area (Å²) in [5.41, 5.74) is 1.27. The summed E-state index contributed by atoms with van der Waals surface area (Å²) < 4.78 is 83.0. The number of hydrogen-bond acceptors (Lipinski definition) is 8. The first kappa shape index (κ1) is 28.0. The molecule has 0 fully saturated rings. The van der Waals surface area contributed by atoms with E-state index in [1.807, 2.05) is 0 Å². The van der Waals surface area contributed by atoms with Gasteiger partial charge in [-0.15, -0.1) is 0 Å². The first-order valence-corrected chi connectivity index (χ1v) is 11.0. The van der Waals surface area contributed by atoms with E-state index in [9.17, 15) is 27.2 Å². The molecule has 2 heterocycles. The van der Waals surface area contributed by atoms with Gasteiger partial charge in [-0.25, -0.2) is 23.2 Å². The number of methoxy groups -OCH3 is 1. The van der Waals surface area contributed by atoms with Crippen molar-refractivity contribution in [1.82, 2.24) is 14.8 Å². The molecule has 0 aliphatic carbocycles. The van der Waals surface area contributed by atoms with Crippen LogP contribution in [-0.4, -0.2) is 52.3 Å². The van der Waals surface area contributed by atoms with Crippen LogP contribution in [0.25, 0.3) is 0 Å². The number of hydrogen-bond donors (Lipinski definition) is 1. The number of nitrogens with two attached hydrogens (primary N) is 1. The molecule has 2 N–H and O–H groups in total. The largest absolute Gasteiger partial charge is 0.468 e. The van der Waals surface area contributed by atoms with Crippen molar-refractivity contribution in [2.75, 3.05) is 19.5 Å². The van der Waals surface area contributed by atoms with Gasteiger partial charge in [-0.3, -0.25) is 9.79 Å². The van der Waals surface area contributed by atoms with Gasteiger partial charge in [-0.1, -0.05) is 11.6 Å². The number of alkyl halides is 4. The summed E-state index contributed by atoms with van der Waals surface area (Å²) in [5.74, 6) is -8.16. The third-order valence-electron chi connectivity index (χ3n) is 5.43. The molecule has 0 saturated heterocycles. The number of esters is 2. The Balaban J connectivity index is 2.46. The van der Waals surface area contributed by atoms with Crippen molar-refractivity contribution in [2.45, 2.75) is 38.6 Å². The Morgan fingerprint density at radius 1 is 1.27 bits per heavy atom. The van der Waals surface area contributed by atoms with Gasteiger partial charge in [-0.2, -0.15) is 18.3 Å². The van der Waals surface area contributed by atoms with Crippen LogP contribution in [0.5, 0.6) is 0 Å². The fourth-order valence-corrected chi connectivity index (χ4v) is 4.28. The maximum absolute atomic E-state index is 15.3. The molecular weight excluding hydrogens is 529 g/mol. The summed E-state index contributed by atoms with van der Waals surface area (Å²) in [7, 11) is 0.899. The predicted octanol–water partition coefficient (Wildman–Crippen LogP) is 3.87. The van der Waals surface area contributed by atoms with E-state index in [2.05, 4.69) is 15.1 Å². The number of carbonyl (C=O) groups excluding carboxylic acids is 2. The second-order valence-corrected chi connectivity index (χ2v) is 8.53. The number of nitrogens with zero attached hydrogens (tertiary/aromatic N) is 4. The van der Waals surface area contributed by atoms with Crippen LogP contribution in [0, 0.1) is 11.7 Å². The summed E-state index contributed by atoms with van der Waals surface area (Å²) in [6.45, 7) is 0.982. The Kier molecular flexibility index (Phi) is 8.20. The second kappa shape index (κ2) is 10.8. The molecule has 1 aliphatic heterocycles. The van der Waals surface area contributed by atoms with Crippen LogP contribution in [-0.2, 0) is 31.8 Å². The number of aliphatic imine (C=N–C) groups is 1. The van der Waals surface area contributed by atoms with E-state index in [4.69, 9.17) is 26.8 Å². The van der Waals surface area contributed by atoms with Crippen molar-refractivity contribution in [3.63, 3.8) is 0 Å². The van der Waals surface area contributed by atoms with Gasteiger partial charge in [0.15, 0.2) is 0 Å². The quantitative estimate of drug-likeness (QED) is 0.411. The Morgan fingerprint density at radius 2 is 1.95 bits per heavy atom. The van der Waals surface area contributed by atoms with Crippen molar-refractivity contribution >= 4 is 35.2 Å².